The normalized spacial score (nSPS) is 12.0. The lowest BCUT2D eigenvalue weighted by molar-refractivity contribution is 0.374. The molecule has 1 aromatic heterocycles. The van der Waals surface area contributed by atoms with Crippen LogP contribution in [0.5, 0.6) is 0 Å². The van der Waals surface area contributed by atoms with Gasteiger partial charge in [-0.25, -0.2) is 0 Å². The molecule has 24 heavy (non-hydrogen) atoms. The molecule has 0 atom stereocenters. The van der Waals surface area contributed by atoms with Gasteiger partial charge in [0.25, 0.3) is 0 Å². The van der Waals surface area contributed by atoms with E-state index in [-0.39, 0.29) is 10.8 Å². The van der Waals surface area contributed by atoms with Gasteiger partial charge in [0.15, 0.2) is 0 Å². The van der Waals surface area contributed by atoms with Crippen molar-refractivity contribution in [3.05, 3.63) is 64.5 Å². The zero-order valence-corrected chi connectivity index (χ0v) is 15.8. The summed E-state index contributed by atoms with van der Waals surface area (Å²) in [5, 5.41) is 8.96. The maximum Gasteiger partial charge on any atom is 0.0991 e. The first-order chi connectivity index (χ1) is 11.1. The van der Waals surface area contributed by atoms with Crippen LogP contribution < -0.4 is 0 Å². The van der Waals surface area contributed by atoms with Gasteiger partial charge in [0.05, 0.1) is 11.6 Å². The Kier molecular flexibility index (Phi) is 5.13. The Morgan fingerprint density at radius 3 is 1.75 bits per heavy atom. The van der Waals surface area contributed by atoms with Gasteiger partial charge in [-0.05, 0) is 72.9 Å². The Morgan fingerprint density at radius 1 is 0.833 bits per heavy atom. The molecule has 1 heterocycles. The number of hydrogen-bond acceptors (Lipinski definition) is 2. The third-order valence-electron chi connectivity index (χ3n) is 5.03. The molecule has 0 unspecified atom stereocenters. The van der Waals surface area contributed by atoms with Crippen LogP contribution in [0.3, 0.4) is 0 Å². The predicted molar refractivity (Wildman–Crippen MR) is 100 cm³/mol. The van der Waals surface area contributed by atoms with Gasteiger partial charge in [0, 0.05) is 11.4 Å². The largest absolute Gasteiger partial charge is 0.258 e. The van der Waals surface area contributed by atoms with E-state index in [1.54, 1.807) is 0 Å². The van der Waals surface area contributed by atoms with Gasteiger partial charge < -0.3 is 0 Å². The Hall–Kier alpha value is -2.14. The first-order valence-corrected chi connectivity index (χ1v) is 8.60. The average Bonchev–Trinajstić information content (AvgIpc) is 2.52. The smallest absolute Gasteiger partial charge is 0.0991 e. The molecule has 0 aliphatic heterocycles. The van der Waals surface area contributed by atoms with E-state index in [2.05, 4.69) is 76.9 Å². The van der Waals surface area contributed by atoms with Crippen LogP contribution in [0.15, 0.2) is 36.4 Å². The summed E-state index contributed by atoms with van der Waals surface area (Å²) in [5.41, 5.74) is 5.75. The van der Waals surface area contributed by atoms with Gasteiger partial charge in [-0.15, -0.1) is 0 Å². The predicted octanol–water partition coefficient (Wildman–Crippen LogP) is 5.61. The second-order valence-electron chi connectivity index (χ2n) is 8.10. The summed E-state index contributed by atoms with van der Waals surface area (Å²) in [6.07, 6.45) is 2.19. The Labute approximate surface area is 146 Å². The van der Waals surface area contributed by atoms with Gasteiger partial charge in [0.2, 0.25) is 0 Å². The number of pyridine rings is 1. The Balaban J connectivity index is 2.16. The van der Waals surface area contributed by atoms with Crippen molar-refractivity contribution in [2.75, 3.05) is 0 Å². The topological polar surface area (TPSA) is 36.7 Å². The highest BCUT2D eigenvalue weighted by Crippen LogP contribution is 2.36. The molecule has 2 aromatic rings. The van der Waals surface area contributed by atoms with E-state index in [9.17, 15) is 0 Å². The molecular formula is C22H28N2. The zero-order chi connectivity index (χ0) is 18.0. The highest BCUT2D eigenvalue weighted by atomic mass is 14.7. The lowest BCUT2D eigenvalue weighted by Crippen LogP contribution is -2.24. The van der Waals surface area contributed by atoms with Gasteiger partial charge >= 0.3 is 0 Å². The van der Waals surface area contributed by atoms with E-state index in [1.165, 1.54) is 11.1 Å². The Morgan fingerprint density at radius 2 is 1.29 bits per heavy atom. The molecule has 0 radical (unpaired) electrons. The molecule has 0 aliphatic rings. The molecule has 0 aliphatic carbocycles. The van der Waals surface area contributed by atoms with Crippen molar-refractivity contribution in [3.63, 3.8) is 0 Å². The van der Waals surface area contributed by atoms with Crippen molar-refractivity contribution in [1.29, 1.82) is 5.26 Å². The quantitative estimate of drug-likeness (QED) is 0.718. The molecule has 2 heteroatoms. The molecule has 0 fully saturated rings. The van der Waals surface area contributed by atoms with Crippen molar-refractivity contribution in [2.45, 2.75) is 65.2 Å². The van der Waals surface area contributed by atoms with Gasteiger partial charge in [0.1, 0.15) is 0 Å². The van der Waals surface area contributed by atoms with Crippen LogP contribution in [-0.2, 0) is 10.8 Å². The van der Waals surface area contributed by atoms with Gasteiger partial charge in [-0.2, -0.15) is 5.26 Å². The fraction of sp³-hybridized carbons (Fsp3) is 0.455. The van der Waals surface area contributed by atoms with Crippen molar-refractivity contribution in [2.24, 2.45) is 0 Å². The van der Waals surface area contributed by atoms with Crippen LogP contribution in [0, 0.1) is 25.2 Å². The average molecular weight is 320 g/mol. The lowest BCUT2D eigenvalue weighted by atomic mass is 9.72. The minimum atomic E-state index is 0.0857. The molecule has 0 bridgehead atoms. The summed E-state index contributed by atoms with van der Waals surface area (Å²) in [6, 6.07) is 14.6. The maximum absolute atomic E-state index is 8.96. The van der Waals surface area contributed by atoms with Crippen LogP contribution in [0.25, 0.3) is 0 Å². The van der Waals surface area contributed by atoms with Crippen molar-refractivity contribution < 1.29 is 0 Å². The molecular weight excluding hydrogens is 292 g/mol. The van der Waals surface area contributed by atoms with E-state index in [0.29, 0.717) is 0 Å². The zero-order valence-electron chi connectivity index (χ0n) is 15.8. The standard InChI is InChI=1S/C22H28N2/c1-16-13-20(14-17(2)24-16)22(5,6)12-11-21(3,4)19-9-7-18(15-23)8-10-19/h7-10,13-14H,11-12H2,1-6H3. The molecule has 0 amide bonds. The molecule has 2 rings (SSSR count). The summed E-state index contributed by atoms with van der Waals surface area (Å²) in [7, 11) is 0. The van der Waals surface area contributed by atoms with E-state index in [4.69, 9.17) is 5.26 Å². The molecule has 1 aromatic carbocycles. The first kappa shape index (κ1) is 18.2. The summed E-state index contributed by atoms with van der Waals surface area (Å²) < 4.78 is 0. The molecule has 0 spiro atoms. The fourth-order valence-electron chi connectivity index (χ4n) is 3.13. The number of aryl methyl sites for hydroxylation is 2. The minimum Gasteiger partial charge on any atom is -0.258 e. The second kappa shape index (κ2) is 6.77. The molecule has 0 saturated heterocycles. The van der Waals surface area contributed by atoms with E-state index in [0.717, 1.165) is 29.8 Å². The molecule has 126 valence electrons. The number of benzene rings is 1. The molecule has 2 nitrogen and oxygen atoms in total. The molecule has 0 N–H and O–H groups in total. The Bertz CT molecular complexity index is 726. The first-order valence-electron chi connectivity index (χ1n) is 8.60. The monoisotopic (exact) mass is 320 g/mol. The van der Waals surface area contributed by atoms with Crippen molar-refractivity contribution in [1.82, 2.24) is 4.98 Å². The maximum atomic E-state index is 8.96. The third-order valence-corrected chi connectivity index (χ3v) is 5.03. The number of nitriles is 1. The number of rotatable bonds is 5. The summed E-state index contributed by atoms with van der Waals surface area (Å²) >= 11 is 0. The third kappa shape index (κ3) is 4.23. The molecule has 0 saturated carbocycles. The van der Waals surface area contributed by atoms with E-state index in [1.807, 2.05) is 12.1 Å². The van der Waals surface area contributed by atoms with Crippen molar-refractivity contribution >= 4 is 0 Å². The number of aromatic nitrogens is 1. The number of hydrogen-bond donors (Lipinski definition) is 0. The van der Waals surface area contributed by atoms with Gasteiger partial charge in [-0.1, -0.05) is 39.8 Å². The summed E-state index contributed by atoms with van der Waals surface area (Å²) in [5.74, 6) is 0. The fourth-order valence-corrected chi connectivity index (χ4v) is 3.13. The van der Waals surface area contributed by atoms with Crippen LogP contribution in [-0.4, -0.2) is 4.98 Å². The van der Waals surface area contributed by atoms with Gasteiger partial charge in [-0.3, -0.25) is 4.98 Å². The highest BCUT2D eigenvalue weighted by molar-refractivity contribution is 5.35. The minimum absolute atomic E-state index is 0.0857. The number of nitrogens with zero attached hydrogens (tertiary/aromatic N) is 2. The van der Waals surface area contributed by atoms with Crippen molar-refractivity contribution in [3.8, 4) is 6.07 Å². The second-order valence-corrected chi connectivity index (χ2v) is 8.10. The summed E-state index contributed by atoms with van der Waals surface area (Å²) in [6.45, 7) is 13.3. The van der Waals surface area contributed by atoms with Crippen LogP contribution in [0.4, 0.5) is 0 Å². The SMILES string of the molecule is Cc1cc(C(C)(C)CCC(C)(C)c2ccc(C#N)cc2)cc(C)n1. The highest BCUT2D eigenvalue weighted by Gasteiger charge is 2.27. The summed E-state index contributed by atoms with van der Waals surface area (Å²) in [4.78, 5) is 4.49. The van der Waals surface area contributed by atoms with Crippen LogP contribution >= 0.6 is 0 Å². The van der Waals surface area contributed by atoms with E-state index < -0.39 is 0 Å². The van der Waals surface area contributed by atoms with Crippen LogP contribution in [0.1, 0.15) is 68.6 Å². The lowest BCUT2D eigenvalue weighted by Gasteiger charge is -2.32. The van der Waals surface area contributed by atoms with E-state index >= 15 is 0 Å². The van der Waals surface area contributed by atoms with Crippen LogP contribution in [0.2, 0.25) is 0 Å².